The number of nitrogens with zero attached hydrogens (tertiary/aromatic N) is 3. The van der Waals surface area contributed by atoms with Crippen molar-refractivity contribution in [2.45, 2.75) is 25.7 Å². The minimum atomic E-state index is -0.948. The monoisotopic (exact) mass is 578 g/mol. The molecular weight excluding hydrogens is 547 g/mol. The molecule has 0 radical (unpaired) electrons. The Morgan fingerprint density at radius 2 is 1.80 bits per heavy atom. The lowest BCUT2D eigenvalue weighted by Crippen LogP contribution is -2.37. The smallest absolute Gasteiger partial charge is 0.303 e. The van der Waals surface area contributed by atoms with Crippen LogP contribution in [0.25, 0.3) is 10.9 Å². The van der Waals surface area contributed by atoms with E-state index in [0.29, 0.717) is 35.1 Å². The molecular formula is C27H32ClFN4O7. The highest BCUT2D eigenvalue weighted by Gasteiger charge is 2.14. The van der Waals surface area contributed by atoms with Crippen LogP contribution in [-0.4, -0.2) is 83.6 Å². The minimum Gasteiger partial charge on any atom is -0.493 e. The van der Waals surface area contributed by atoms with Crippen molar-refractivity contribution in [1.82, 2.24) is 14.9 Å². The first kappa shape index (κ1) is 30.8. The Labute approximate surface area is 235 Å². The van der Waals surface area contributed by atoms with E-state index < -0.39 is 17.8 Å². The number of methoxy groups -OCH3 is 1. The van der Waals surface area contributed by atoms with Crippen LogP contribution in [-0.2, 0) is 14.3 Å². The number of carboxylic acids is 2. The standard InChI is InChI=1S/C22H24ClFN4O3.C5H8O4/c1-29-20-13-19-16(12-21(20)31-8-2-5-28-6-9-30-10-7-28)22(26-14-25-19)27-15-3-4-18(24)17(23)11-15;6-4(7)2-1-3-5(8)9/h3-4,11-14H,2,5-10H2,1H3,(H,25,26,27);1-3H2,(H,6,7)(H,8,9). The number of hydrogen-bond acceptors (Lipinski definition) is 9. The van der Waals surface area contributed by atoms with Gasteiger partial charge in [0.25, 0.3) is 0 Å². The third-order valence-corrected chi connectivity index (χ3v) is 6.15. The number of aromatic nitrogens is 2. The molecule has 216 valence electrons. The van der Waals surface area contributed by atoms with E-state index in [0.717, 1.165) is 44.7 Å². The van der Waals surface area contributed by atoms with Gasteiger partial charge in [0.1, 0.15) is 18.0 Å². The van der Waals surface area contributed by atoms with Crippen molar-refractivity contribution in [3.05, 3.63) is 47.5 Å². The predicted molar refractivity (Wildman–Crippen MR) is 147 cm³/mol. The summed E-state index contributed by atoms with van der Waals surface area (Å²) in [6.45, 7) is 5.00. The van der Waals surface area contributed by atoms with Crippen LogP contribution < -0.4 is 14.8 Å². The Balaban J connectivity index is 0.000000424. The number of anilines is 2. The molecule has 1 fully saturated rings. The van der Waals surface area contributed by atoms with Crippen molar-refractivity contribution in [2.24, 2.45) is 0 Å². The maximum atomic E-state index is 13.5. The first-order valence-corrected chi connectivity index (χ1v) is 13.1. The number of hydrogen-bond donors (Lipinski definition) is 3. The molecule has 11 nitrogen and oxygen atoms in total. The highest BCUT2D eigenvalue weighted by molar-refractivity contribution is 6.31. The number of carbonyl (C=O) groups is 2. The van der Waals surface area contributed by atoms with Crippen molar-refractivity contribution in [3.8, 4) is 11.5 Å². The number of aliphatic carboxylic acids is 2. The van der Waals surface area contributed by atoms with Gasteiger partial charge in [-0.05, 0) is 37.1 Å². The maximum Gasteiger partial charge on any atom is 0.303 e. The Kier molecular flexibility index (Phi) is 12.1. The lowest BCUT2D eigenvalue weighted by Gasteiger charge is -2.26. The van der Waals surface area contributed by atoms with Crippen LogP contribution >= 0.6 is 11.6 Å². The number of nitrogens with one attached hydrogen (secondary N) is 1. The van der Waals surface area contributed by atoms with E-state index in [4.69, 9.17) is 36.0 Å². The molecule has 0 aliphatic carbocycles. The van der Waals surface area contributed by atoms with Crippen molar-refractivity contribution in [2.75, 3.05) is 51.9 Å². The summed E-state index contributed by atoms with van der Waals surface area (Å²) in [5, 5.41) is 20.0. The zero-order valence-corrected chi connectivity index (χ0v) is 22.8. The first-order chi connectivity index (χ1) is 19.3. The molecule has 0 saturated carbocycles. The van der Waals surface area contributed by atoms with E-state index in [1.165, 1.54) is 18.5 Å². The van der Waals surface area contributed by atoms with Crippen molar-refractivity contribution < 1.29 is 38.4 Å². The molecule has 3 aromatic rings. The minimum absolute atomic E-state index is 0.0364. The molecule has 13 heteroatoms. The number of carboxylic acid groups (broad SMARTS) is 2. The van der Waals surface area contributed by atoms with Crippen LogP contribution in [0.4, 0.5) is 15.9 Å². The first-order valence-electron chi connectivity index (χ1n) is 12.7. The van der Waals surface area contributed by atoms with Gasteiger partial charge in [-0.25, -0.2) is 14.4 Å². The number of benzene rings is 2. The molecule has 40 heavy (non-hydrogen) atoms. The van der Waals surface area contributed by atoms with Gasteiger partial charge in [-0.3, -0.25) is 14.5 Å². The molecule has 1 aliphatic rings. The van der Waals surface area contributed by atoms with E-state index in [9.17, 15) is 14.0 Å². The van der Waals surface area contributed by atoms with Crippen LogP contribution in [0.5, 0.6) is 11.5 Å². The fourth-order valence-electron chi connectivity index (χ4n) is 3.83. The molecule has 0 unspecified atom stereocenters. The number of rotatable bonds is 12. The van der Waals surface area contributed by atoms with E-state index in [1.807, 2.05) is 12.1 Å². The Bertz CT molecular complexity index is 1280. The zero-order valence-electron chi connectivity index (χ0n) is 22.1. The van der Waals surface area contributed by atoms with Crippen LogP contribution in [0.15, 0.2) is 36.7 Å². The van der Waals surface area contributed by atoms with Gasteiger partial charge in [0.2, 0.25) is 0 Å². The molecule has 2 aromatic carbocycles. The Hall–Kier alpha value is -3.74. The summed E-state index contributed by atoms with van der Waals surface area (Å²) in [6, 6.07) is 8.09. The summed E-state index contributed by atoms with van der Waals surface area (Å²) >= 11 is 5.90. The zero-order chi connectivity index (χ0) is 28.9. The van der Waals surface area contributed by atoms with Crippen LogP contribution in [0.3, 0.4) is 0 Å². The molecule has 2 heterocycles. The van der Waals surface area contributed by atoms with Crippen molar-refractivity contribution >= 4 is 45.9 Å². The highest BCUT2D eigenvalue weighted by Crippen LogP contribution is 2.35. The molecule has 1 saturated heterocycles. The molecule has 0 spiro atoms. The second-order valence-electron chi connectivity index (χ2n) is 8.79. The summed E-state index contributed by atoms with van der Waals surface area (Å²) in [5.74, 6) is -0.585. The average Bonchev–Trinajstić information content (AvgIpc) is 2.93. The molecule has 1 aliphatic heterocycles. The molecule has 0 bridgehead atoms. The largest absolute Gasteiger partial charge is 0.493 e. The van der Waals surface area contributed by atoms with Crippen molar-refractivity contribution in [3.63, 3.8) is 0 Å². The summed E-state index contributed by atoms with van der Waals surface area (Å²) in [5.41, 5.74) is 1.32. The average molecular weight is 579 g/mol. The molecule has 4 rings (SSSR count). The number of ether oxygens (including phenoxy) is 3. The van der Waals surface area contributed by atoms with Gasteiger partial charge in [-0.1, -0.05) is 11.6 Å². The third-order valence-electron chi connectivity index (χ3n) is 5.86. The van der Waals surface area contributed by atoms with E-state index in [-0.39, 0.29) is 24.3 Å². The van der Waals surface area contributed by atoms with Gasteiger partial charge in [-0.2, -0.15) is 0 Å². The van der Waals surface area contributed by atoms with E-state index in [1.54, 1.807) is 13.2 Å². The third kappa shape index (κ3) is 9.78. The number of fused-ring (bicyclic) bond motifs is 1. The number of halogens is 2. The summed E-state index contributed by atoms with van der Waals surface area (Å²) in [6.07, 6.45) is 2.44. The van der Waals surface area contributed by atoms with Crippen molar-refractivity contribution in [1.29, 1.82) is 0 Å². The topological polar surface area (TPSA) is 143 Å². The maximum absolute atomic E-state index is 13.5. The lowest BCUT2D eigenvalue weighted by molar-refractivity contribution is -0.138. The second-order valence-corrected chi connectivity index (χ2v) is 9.20. The van der Waals surface area contributed by atoms with Gasteiger partial charge in [0.05, 0.1) is 37.5 Å². The number of morpholine rings is 1. The normalized spacial score (nSPS) is 13.3. The summed E-state index contributed by atoms with van der Waals surface area (Å²) in [7, 11) is 1.60. The molecule has 0 atom stereocenters. The quantitative estimate of drug-likeness (QED) is 0.259. The van der Waals surface area contributed by atoms with Crippen LogP contribution in [0.2, 0.25) is 5.02 Å². The molecule has 0 amide bonds. The van der Waals surface area contributed by atoms with Gasteiger partial charge >= 0.3 is 11.9 Å². The van der Waals surface area contributed by atoms with Gasteiger partial charge in [0.15, 0.2) is 11.5 Å². The van der Waals surface area contributed by atoms with Gasteiger partial charge < -0.3 is 29.7 Å². The van der Waals surface area contributed by atoms with E-state index in [2.05, 4.69) is 20.2 Å². The van der Waals surface area contributed by atoms with Crippen LogP contribution in [0.1, 0.15) is 25.7 Å². The lowest BCUT2D eigenvalue weighted by atomic mass is 10.2. The van der Waals surface area contributed by atoms with Gasteiger partial charge in [0, 0.05) is 49.6 Å². The Morgan fingerprint density at radius 1 is 1.07 bits per heavy atom. The summed E-state index contributed by atoms with van der Waals surface area (Å²) < 4.78 is 30.4. The van der Waals surface area contributed by atoms with E-state index >= 15 is 0 Å². The predicted octanol–water partition coefficient (Wildman–Crippen LogP) is 4.60. The fourth-order valence-corrected chi connectivity index (χ4v) is 4.01. The Morgan fingerprint density at radius 3 is 2.45 bits per heavy atom. The molecule has 3 N–H and O–H groups in total. The second kappa shape index (κ2) is 15.8. The summed E-state index contributed by atoms with van der Waals surface area (Å²) in [4.78, 5) is 30.6. The highest BCUT2D eigenvalue weighted by atomic mass is 35.5. The van der Waals surface area contributed by atoms with Crippen LogP contribution in [0, 0.1) is 5.82 Å². The van der Waals surface area contributed by atoms with Gasteiger partial charge in [-0.15, -0.1) is 0 Å². The molecule has 1 aromatic heterocycles. The fraction of sp³-hybridized carbons (Fsp3) is 0.407. The SMILES string of the molecule is COc1cc2ncnc(Nc3ccc(F)c(Cl)c3)c2cc1OCCCN1CCOCC1.O=C(O)CCCC(=O)O.